The van der Waals surface area contributed by atoms with Gasteiger partial charge in [-0.25, -0.2) is 4.98 Å². The zero-order valence-electron chi connectivity index (χ0n) is 14.9. The number of nitrogen functional groups attached to an aromatic ring is 1. The molecule has 3 heterocycles. The Morgan fingerprint density at radius 1 is 1.17 bits per heavy atom. The third-order valence-corrected chi connectivity index (χ3v) is 7.73. The van der Waals surface area contributed by atoms with Gasteiger partial charge >= 0.3 is 0 Å². The van der Waals surface area contributed by atoms with E-state index >= 15 is 0 Å². The highest BCUT2D eigenvalue weighted by Gasteiger charge is 2.25. The number of thiazole rings is 1. The third kappa shape index (κ3) is 3.70. The van der Waals surface area contributed by atoms with E-state index in [9.17, 15) is 8.42 Å². The molecule has 0 saturated heterocycles. The molecule has 0 unspecified atom stereocenters. The molecular formula is C17H13N7O2S3. The first kappa shape index (κ1) is 19.1. The fourth-order valence-corrected chi connectivity index (χ4v) is 5.63. The molecule has 0 bridgehead atoms. The van der Waals surface area contributed by atoms with Gasteiger partial charge in [0.25, 0.3) is 10.0 Å². The summed E-state index contributed by atoms with van der Waals surface area (Å²) in [5, 5.41) is 18.5. The molecule has 3 N–H and O–H groups in total. The Morgan fingerprint density at radius 2 is 1.93 bits per heavy atom. The van der Waals surface area contributed by atoms with Crippen molar-refractivity contribution in [1.82, 2.24) is 19.2 Å². The third-order valence-electron chi connectivity index (χ3n) is 3.81. The van der Waals surface area contributed by atoms with E-state index in [0.717, 1.165) is 26.9 Å². The SMILES string of the molecule is Cc1nc(-c2ccc(S(=O)(=O)n3nc(Nc4ccc(C#N)cc4)nc3N)s2)cs1. The summed E-state index contributed by atoms with van der Waals surface area (Å²) < 4.78 is 26.7. The predicted molar refractivity (Wildman–Crippen MR) is 112 cm³/mol. The molecule has 0 amide bonds. The largest absolute Gasteiger partial charge is 0.367 e. The molecule has 29 heavy (non-hydrogen) atoms. The molecule has 0 aliphatic carbocycles. The molecule has 12 heteroatoms. The number of benzene rings is 1. The lowest BCUT2D eigenvalue weighted by Gasteiger charge is -2.02. The van der Waals surface area contributed by atoms with Gasteiger partial charge < -0.3 is 11.1 Å². The summed E-state index contributed by atoms with van der Waals surface area (Å²) in [6.45, 7) is 1.89. The van der Waals surface area contributed by atoms with Crippen LogP contribution in [0.25, 0.3) is 10.6 Å². The fourth-order valence-electron chi connectivity index (χ4n) is 2.46. The molecule has 0 aliphatic heterocycles. The highest BCUT2D eigenvalue weighted by atomic mass is 32.2. The average molecular weight is 444 g/mol. The first-order chi connectivity index (χ1) is 13.9. The van der Waals surface area contributed by atoms with Crippen molar-refractivity contribution in [2.75, 3.05) is 11.1 Å². The molecule has 4 rings (SSSR count). The number of nitrogens with zero attached hydrogens (tertiary/aromatic N) is 5. The van der Waals surface area contributed by atoms with Gasteiger partial charge in [-0.05, 0) is 43.3 Å². The number of rotatable bonds is 5. The van der Waals surface area contributed by atoms with Crippen LogP contribution in [0.2, 0.25) is 0 Å². The molecule has 0 fully saturated rings. The molecule has 0 spiro atoms. The summed E-state index contributed by atoms with van der Waals surface area (Å²) in [4.78, 5) is 9.09. The van der Waals surface area contributed by atoms with Crippen LogP contribution in [0.5, 0.6) is 0 Å². The minimum Gasteiger partial charge on any atom is -0.367 e. The van der Waals surface area contributed by atoms with Crippen LogP contribution < -0.4 is 11.1 Å². The van der Waals surface area contributed by atoms with Crippen molar-refractivity contribution < 1.29 is 8.42 Å². The lowest BCUT2D eigenvalue weighted by atomic mass is 10.2. The predicted octanol–water partition coefficient (Wildman–Crippen LogP) is 3.21. The van der Waals surface area contributed by atoms with Crippen molar-refractivity contribution in [1.29, 1.82) is 5.26 Å². The maximum absolute atomic E-state index is 13.0. The van der Waals surface area contributed by atoms with E-state index in [1.54, 1.807) is 30.3 Å². The highest BCUT2D eigenvalue weighted by Crippen LogP contribution is 2.32. The Labute approximate surface area is 174 Å². The molecular weight excluding hydrogens is 430 g/mol. The summed E-state index contributed by atoms with van der Waals surface area (Å²) in [6.07, 6.45) is 0. The van der Waals surface area contributed by atoms with E-state index in [1.807, 2.05) is 18.4 Å². The van der Waals surface area contributed by atoms with Gasteiger partial charge in [0.1, 0.15) is 4.21 Å². The van der Waals surface area contributed by atoms with Crippen LogP contribution in [0, 0.1) is 18.3 Å². The molecule has 9 nitrogen and oxygen atoms in total. The number of aromatic nitrogens is 4. The molecule has 4 aromatic rings. The Bertz CT molecular complexity index is 1330. The smallest absolute Gasteiger partial charge is 0.295 e. The summed E-state index contributed by atoms with van der Waals surface area (Å²) in [5.74, 6) is -0.233. The van der Waals surface area contributed by atoms with Crippen LogP contribution >= 0.6 is 22.7 Å². The molecule has 0 atom stereocenters. The molecule has 0 radical (unpaired) electrons. The Balaban J connectivity index is 1.62. The van der Waals surface area contributed by atoms with Crippen LogP contribution in [0.1, 0.15) is 10.6 Å². The number of nitrogens with two attached hydrogens (primary N) is 1. The van der Waals surface area contributed by atoms with Gasteiger partial charge in [0.2, 0.25) is 11.9 Å². The second-order valence-corrected chi connectivity index (χ2v) is 9.97. The van der Waals surface area contributed by atoms with Crippen LogP contribution in [-0.4, -0.2) is 27.6 Å². The van der Waals surface area contributed by atoms with Crippen molar-refractivity contribution in [3.05, 3.63) is 52.3 Å². The monoisotopic (exact) mass is 443 g/mol. The van der Waals surface area contributed by atoms with Gasteiger partial charge in [0.05, 0.1) is 27.2 Å². The van der Waals surface area contributed by atoms with Crippen LogP contribution in [0.4, 0.5) is 17.6 Å². The molecule has 0 aliphatic rings. The van der Waals surface area contributed by atoms with Gasteiger partial charge in [-0.15, -0.1) is 31.9 Å². The minimum atomic E-state index is -4.00. The second-order valence-electron chi connectivity index (χ2n) is 5.83. The van der Waals surface area contributed by atoms with Crippen molar-refractivity contribution in [3.8, 4) is 16.6 Å². The number of anilines is 3. The Kier molecular flexibility index (Phi) is 4.79. The van der Waals surface area contributed by atoms with E-state index in [-0.39, 0.29) is 16.1 Å². The Hall–Kier alpha value is -3.27. The van der Waals surface area contributed by atoms with Gasteiger partial charge in [0, 0.05) is 11.1 Å². The first-order valence-corrected chi connectivity index (χ1v) is 11.3. The minimum absolute atomic E-state index is 0.0303. The second kappa shape index (κ2) is 7.28. The molecule has 0 saturated carbocycles. The standard InChI is InChI=1S/C17H13N7O2S3/c1-10-20-13(9-27-10)14-6-7-15(28-14)29(25,26)24-16(19)22-17(23-24)21-12-4-2-11(8-18)3-5-12/h2-7,9H,1H3,(H3,19,21,22,23). The van der Waals surface area contributed by atoms with E-state index in [0.29, 0.717) is 15.3 Å². The molecule has 146 valence electrons. The van der Waals surface area contributed by atoms with Crippen LogP contribution in [0.15, 0.2) is 46.0 Å². The van der Waals surface area contributed by atoms with Gasteiger partial charge in [0.15, 0.2) is 0 Å². The number of hydrogen-bond acceptors (Lipinski definition) is 10. The van der Waals surface area contributed by atoms with E-state index in [1.165, 1.54) is 17.4 Å². The van der Waals surface area contributed by atoms with E-state index < -0.39 is 10.0 Å². The average Bonchev–Trinajstić information content (AvgIpc) is 3.42. The number of nitriles is 1. The summed E-state index contributed by atoms with van der Waals surface area (Å²) >= 11 is 2.58. The Morgan fingerprint density at radius 3 is 2.59 bits per heavy atom. The van der Waals surface area contributed by atoms with Crippen molar-refractivity contribution in [2.24, 2.45) is 0 Å². The van der Waals surface area contributed by atoms with Crippen LogP contribution in [0.3, 0.4) is 0 Å². The van der Waals surface area contributed by atoms with Gasteiger partial charge in [-0.1, -0.05) is 0 Å². The lowest BCUT2D eigenvalue weighted by molar-refractivity contribution is 0.583. The number of nitrogens with one attached hydrogen (secondary N) is 1. The summed E-state index contributed by atoms with van der Waals surface area (Å²) in [7, 11) is -4.00. The van der Waals surface area contributed by atoms with Crippen LogP contribution in [-0.2, 0) is 10.0 Å². The van der Waals surface area contributed by atoms with Gasteiger partial charge in [-0.2, -0.15) is 18.7 Å². The highest BCUT2D eigenvalue weighted by molar-refractivity contribution is 7.92. The lowest BCUT2D eigenvalue weighted by Crippen LogP contribution is -2.16. The van der Waals surface area contributed by atoms with Crippen molar-refractivity contribution in [3.63, 3.8) is 0 Å². The van der Waals surface area contributed by atoms with E-state index in [4.69, 9.17) is 11.0 Å². The summed E-state index contributed by atoms with van der Waals surface area (Å²) in [5.41, 5.74) is 7.63. The number of aryl methyl sites for hydroxylation is 1. The maximum Gasteiger partial charge on any atom is 0.295 e. The van der Waals surface area contributed by atoms with E-state index in [2.05, 4.69) is 20.4 Å². The zero-order valence-corrected chi connectivity index (χ0v) is 17.3. The first-order valence-electron chi connectivity index (χ1n) is 8.14. The zero-order chi connectivity index (χ0) is 20.6. The topological polar surface area (TPSA) is 140 Å². The quantitative estimate of drug-likeness (QED) is 0.479. The number of thiophene rings is 1. The normalized spacial score (nSPS) is 11.3. The molecule has 1 aromatic carbocycles. The van der Waals surface area contributed by atoms with Gasteiger partial charge in [-0.3, -0.25) is 0 Å². The number of hydrogen-bond donors (Lipinski definition) is 2. The summed E-state index contributed by atoms with van der Waals surface area (Å²) in [6, 6.07) is 11.8. The maximum atomic E-state index is 13.0. The van der Waals surface area contributed by atoms with Crippen molar-refractivity contribution >= 4 is 50.3 Å². The molecule has 3 aromatic heterocycles. The van der Waals surface area contributed by atoms with Crippen molar-refractivity contribution in [2.45, 2.75) is 11.1 Å². The fraction of sp³-hybridized carbons (Fsp3) is 0.0588.